The molecule has 0 aliphatic rings. The van der Waals surface area contributed by atoms with E-state index in [0.717, 1.165) is 12.8 Å². The Kier molecular flexibility index (Phi) is 13.5. The summed E-state index contributed by atoms with van der Waals surface area (Å²) in [6.45, 7) is 4.33. The van der Waals surface area contributed by atoms with Gasteiger partial charge in [-0.1, -0.05) is 39.0 Å². The highest BCUT2D eigenvalue weighted by atomic mass is 35.5. The van der Waals surface area contributed by atoms with Gasteiger partial charge in [0.2, 0.25) is 0 Å². The fourth-order valence-corrected chi connectivity index (χ4v) is 1.21. The van der Waals surface area contributed by atoms with Gasteiger partial charge in [-0.05, 0) is 13.3 Å². The molecule has 0 spiro atoms. The van der Waals surface area contributed by atoms with E-state index in [4.69, 9.17) is 9.84 Å². The van der Waals surface area contributed by atoms with Crippen LogP contribution in [0.3, 0.4) is 0 Å². The van der Waals surface area contributed by atoms with Crippen LogP contribution >= 0.6 is 12.4 Å². The number of carboxylic acids is 1. The molecule has 0 radical (unpaired) electrons. The van der Waals surface area contributed by atoms with E-state index in [0.29, 0.717) is 6.61 Å². The third-order valence-corrected chi connectivity index (χ3v) is 2.21. The minimum absolute atomic E-state index is 0. The Morgan fingerprint density at radius 1 is 1.20 bits per heavy atom. The van der Waals surface area contributed by atoms with Gasteiger partial charge in [0, 0.05) is 6.61 Å². The molecule has 0 aliphatic heterocycles. The fraction of sp³-hybridized carbons (Fsp3) is 0.909. The highest BCUT2D eigenvalue weighted by Crippen LogP contribution is 2.05. The predicted octanol–water partition coefficient (Wildman–Crippen LogP) is 3.26. The zero-order valence-corrected chi connectivity index (χ0v) is 10.5. The van der Waals surface area contributed by atoms with Gasteiger partial charge in [-0.3, -0.25) is 0 Å². The lowest BCUT2D eigenvalue weighted by molar-refractivity contribution is -0.149. The lowest BCUT2D eigenvalue weighted by Gasteiger charge is -2.07. The van der Waals surface area contributed by atoms with Crippen molar-refractivity contribution in [2.24, 2.45) is 0 Å². The van der Waals surface area contributed by atoms with Crippen LogP contribution in [-0.2, 0) is 9.53 Å². The summed E-state index contributed by atoms with van der Waals surface area (Å²) in [6.07, 6.45) is 6.53. The van der Waals surface area contributed by atoms with Crippen LogP contribution in [0, 0.1) is 0 Å². The number of unbranched alkanes of at least 4 members (excludes halogenated alkanes) is 5. The first-order chi connectivity index (χ1) is 6.68. The van der Waals surface area contributed by atoms with Gasteiger partial charge in [0.25, 0.3) is 0 Å². The number of ether oxygens (including phenoxy) is 1. The smallest absolute Gasteiger partial charge is 0.332 e. The summed E-state index contributed by atoms with van der Waals surface area (Å²) >= 11 is 0. The molecule has 92 valence electrons. The Morgan fingerprint density at radius 3 is 2.27 bits per heavy atom. The topological polar surface area (TPSA) is 46.5 Å². The second kappa shape index (κ2) is 11.8. The average molecular weight is 239 g/mol. The van der Waals surface area contributed by atoms with Crippen LogP contribution in [0.15, 0.2) is 0 Å². The van der Waals surface area contributed by atoms with E-state index in [1.165, 1.54) is 25.7 Å². The van der Waals surface area contributed by atoms with Crippen molar-refractivity contribution in [3.8, 4) is 0 Å². The van der Waals surface area contributed by atoms with Crippen LogP contribution in [0.1, 0.15) is 52.4 Å². The third kappa shape index (κ3) is 11.6. The van der Waals surface area contributed by atoms with E-state index >= 15 is 0 Å². The van der Waals surface area contributed by atoms with Crippen molar-refractivity contribution < 1.29 is 14.6 Å². The Hall–Kier alpha value is -0.280. The van der Waals surface area contributed by atoms with Gasteiger partial charge in [-0.2, -0.15) is 0 Å². The van der Waals surface area contributed by atoms with Gasteiger partial charge in [-0.15, -0.1) is 12.4 Å². The normalized spacial score (nSPS) is 11.9. The van der Waals surface area contributed by atoms with Crippen LogP contribution in [0.2, 0.25) is 0 Å². The number of aliphatic carboxylic acids is 1. The number of carboxylic acid groups (broad SMARTS) is 1. The standard InChI is InChI=1S/C11H22O3.ClH/c1-3-4-5-6-7-8-9-14-10(2)11(12)13;/h10H,3-9H2,1-2H3,(H,12,13);1H. The maximum atomic E-state index is 10.4. The Labute approximate surface area is 98.6 Å². The molecule has 1 atom stereocenters. The quantitative estimate of drug-likeness (QED) is 0.628. The average Bonchev–Trinajstić information content (AvgIpc) is 2.16. The largest absolute Gasteiger partial charge is 0.479 e. The van der Waals surface area contributed by atoms with Crippen LogP contribution < -0.4 is 0 Å². The Morgan fingerprint density at radius 2 is 1.73 bits per heavy atom. The molecule has 0 amide bonds. The van der Waals surface area contributed by atoms with Crippen molar-refractivity contribution in [3.63, 3.8) is 0 Å². The molecule has 0 saturated carbocycles. The maximum Gasteiger partial charge on any atom is 0.332 e. The third-order valence-electron chi connectivity index (χ3n) is 2.21. The van der Waals surface area contributed by atoms with Crippen molar-refractivity contribution in [1.82, 2.24) is 0 Å². The van der Waals surface area contributed by atoms with E-state index < -0.39 is 12.1 Å². The summed E-state index contributed by atoms with van der Waals surface area (Å²) < 4.78 is 5.11. The molecule has 15 heavy (non-hydrogen) atoms. The fourth-order valence-electron chi connectivity index (χ4n) is 1.21. The molecule has 0 saturated heterocycles. The molecule has 0 aromatic heterocycles. The van der Waals surface area contributed by atoms with E-state index in [2.05, 4.69) is 6.92 Å². The van der Waals surface area contributed by atoms with Crippen LogP contribution in [-0.4, -0.2) is 23.8 Å². The molecule has 0 fully saturated rings. The van der Waals surface area contributed by atoms with E-state index in [-0.39, 0.29) is 12.4 Å². The van der Waals surface area contributed by atoms with Gasteiger partial charge < -0.3 is 9.84 Å². The second-order valence-corrected chi connectivity index (χ2v) is 3.62. The molecule has 0 heterocycles. The van der Waals surface area contributed by atoms with Crippen molar-refractivity contribution in [3.05, 3.63) is 0 Å². The first-order valence-corrected chi connectivity index (χ1v) is 5.53. The lowest BCUT2D eigenvalue weighted by atomic mass is 10.1. The molecule has 0 aliphatic carbocycles. The number of hydrogen-bond acceptors (Lipinski definition) is 2. The molecular formula is C11H23ClO3. The highest BCUT2D eigenvalue weighted by Gasteiger charge is 2.09. The Bertz CT molecular complexity index is 151. The predicted molar refractivity (Wildman–Crippen MR) is 63.7 cm³/mol. The summed E-state index contributed by atoms with van der Waals surface area (Å²) in [4.78, 5) is 10.4. The van der Waals surface area contributed by atoms with Crippen LogP contribution in [0.25, 0.3) is 0 Å². The first kappa shape index (κ1) is 17.1. The van der Waals surface area contributed by atoms with Crippen LogP contribution in [0.4, 0.5) is 0 Å². The zero-order valence-electron chi connectivity index (χ0n) is 9.70. The van der Waals surface area contributed by atoms with Gasteiger partial charge in [-0.25, -0.2) is 4.79 Å². The zero-order chi connectivity index (χ0) is 10.8. The molecule has 3 nitrogen and oxygen atoms in total. The summed E-state index contributed by atoms with van der Waals surface area (Å²) in [7, 11) is 0. The number of rotatable bonds is 9. The van der Waals surface area contributed by atoms with Gasteiger partial charge in [0.1, 0.15) is 0 Å². The minimum atomic E-state index is -0.879. The monoisotopic (exact) mass is 238 g/mol. The first-order valence-electron chi connectivity index (χ1n) is 5.53. The minimum Gasteiger partial charge on any atom is -0.479 e. The molecule has 0 bridgehead atoms. The molecule has 1 N–H and O–H groups in total. The maximum absolute atomic E-state index is 10.4. The summed E-state index contributed by atoms with van der Waals surface area (Å²) in [6, 6.07) is 0. The number of halogens is 1. The van der Waals surface area contributed by atoms with E-state index in [9.17, 15) is 4.79 Å². The molecular weight excluding hydrogens is 216 g/mol. The summed E-state index contributed by atoms with van der Waals surface area (Å²) in [5.41, 5.74) is 0. The van der Waals surface area contributed by atoms with Gasteiger partial charge >= 0.3 is 5.97 Å². The molecule has 4 heteroatoms. The molecule has 1 unspecified atom stereocenters. The highest BCUT2D eigenvalue weighted by molar-refractivity contribution is 5.85. The SMILES string of the molecule is CCCCCCCCOC(C)C(=O)O.Cl. The number of carbonyl (C=O) groups is 1. The van der Waals surface area contributed by atoms with Gasteiger partial charge in [0.15, 0.2) is 6.10 Å². The summed E-state index contributed by atoms with van der Waals surface area (Å²) in [5, 5.41) is 8.53. The van der Waals surface area contributed by atoms with Crippen molar-refractivity contribution in [2.75, 3.05) is 6.61 Å². The van der Waals surface area contributed by atoms with Crippen molar-refractivity contribution in [2.45, 2.75) is 58.5 Å². The van der Waals surface area contributed by atoms with E-state index in [1.807, 2.05) is 0 Å². The molecule has 0 aromatic rings. The van der Waals surface area contributed by atoms with Crippen LogP contribution in [0.5, 0.6) is 0 Å². The second-order valence-electron chi connectivity index (χ2n) is 3.62. The van der Waals surface area contributed by atoms with Gasteiger partial charge in [0.05, 0.1) is 0 Å². The van der Waals surface area contributed by atoms with Crippen molar-refractivity contribution in [1.29, 1.82) is 0 Å². The lowest BCUT2D eigenvalue weighted by Crippen LogP contribution is -2.20. The summed E-state index contributed by atoms with van der Waals surface area (Å²) in [5.74, 6) is -0.879. The molecule has 0 rings (SSSR count). The molecule has 0 aromatic carbocycles. The Balaban J connectivity index is 0. The van der Waals surface area contributed by atoms with Crippen molar-refractivity contribution >= 4 is 18.4 Å². The van der Waals surface area contributed by atoms with E-state index in [1.54, 1.807) is 6.92 Å². The number of hydrogen-bond donors (Lipinski definition) is 1.